The van der Waals surface area contributed by atoms with E-state index in [0.717, 1.165) is 114 Å². The predicted octanol–water partition coefficient (Wildman–Crippen LogP) is 29.1. The molecule has 0 saturated heterocycles. The first-order valence-electron chi connectivity index (χ1n) is 35.4. The minimum Gasteiger partial charge on any atom is -0.217 e. The Balaban J connectivity index is 0.000000100. The van der Waals surface area contributed by atoms with Crippen LogP contribution in [0.15, 0.2) is 328 Å². The van der Waals surface area contributed by atoms with Gasteiger partial charge in [-0.3, -0.25) is 0 Å². The second-order valence-corrected chi connectivity index (χ2v) is 31.7. The lowest BCUT2D eigenvalue weighted by atomic mass is 9.94. The average molecular weight is 1570 g/mol. The Morgan fingerprint density at radius 3 is 0.945 bits per heavy atom. The molecule has 8 nitrogen and oxygen atoms in total. The Labute approximate surface area is 666 Å². The molecule has 8 aromatic heterocycles. The van der Waals surface area contributed by atoms with Crippen molar-refractivity contribution in [2.75, 3.05) is 0 Å². The minimum absolute atomic E-state index is 0.269. The summed E-state index contributed by atoms with van der Waals surface area (Å²) in [6.45, 7) is 0. The molecule has 0 bridgehead atoms. The van der Waals surface area contributed by atoms with Crippen molar-refractivity contribution in [3.05, 3.63) is 349 Å². The molecule has 0 spiro atoms. The molecule has 22 aromatic rings. The fourth-order valence-electron chi connectivity index (χ4n) is 14.6. The third kappa shape index (κ3) is 13.3. The standard InChI is InChI=1S/C28H17ClN2S.C26H15ClN2S.2C20H11ClN2S/c29-28-30-26(25-23-13-7-8-14-24(23)32-27(25)31-28)22-16-20(18-9-3-1-4-10-18)15-21(17-22)19-11-5-2-6-12-19;27-26-28-24(23-21-9-3-4-11-22(21)30-25(23)29-26)18-14-12-17(13-15-18)20-10-5-7-16-6-1-2-8-19(16)20;21-20-22-18(14-10-5-7-12-6-1-2-8-13(12)14)17-15-9-3-4-11-16(15)24-19(17)23-20;21-20-22-18(14-10-9-12-5-1-2-6-13(12)11-14)17-15-7-3-4-8-16(15)24-19(17)23-20/h1-17H;1-15H;2*1-11H. The summed E-state index contributed by atoms with van der Waals surface area (Å²) in [4.78, 5) is 40.1. The molecule has 14 aromatic carbocycles. The van der Waals surface area contributed by atoms with Gasteiger partial charge in [-0.15, -0.1) is 45.3 Å². The molecule has 0 aliphatic rings. The summed E-state index contributed by atoms with van der Waals surface area (Å²) >= 11 is 31.7. The first kappa shape index (κ1) is 68.7. The van der Waals surface area contributed by atoms with Gasteiger partial charge >= 0.3 is 0 Å². The predicted molar refractivity (Wildman–Crippen MR) is 470 cm³/mol. The molecule has 0 aliphatic carbocycles. The van der Waals surface area contributed by atoms with Gasteiger partial charge in [-0.2, -0.15) is 0 Å². The lowest BCUT2D eigenvalue weighted by molar-refractivity contribution is 1.24. The van der Waals surface area contributed by atoms with E-state index in [1.807, 2.05) is 42.5 Å². The Morgan fingerprint density at radius 2 is 0.491 bits per heavy atom. The SMILES string of the molecule is Clc1nc(-c2cc(-c3ccccc3)cc(-c3ccccc3)c2)c2c(n1)sc1ccccc12.Clc1nc(-c2ccc(-c3cccc4ccccc34)cc2)c2c(n1)sc1ccccc12.Clc1nc(-c2ccc3ccccc3c2)c2c(n1)sc1ccccc12.Clc1nc(-c2cccc3ccccc23)c2c(n1)sc1ccccc12. The number of thiophene rings is 4. The topological polar surface area (TPSA) is 103 Å². The van der Waals surface area contributed by atoms with Crippen molar-refractivity contribution in [3.8, 4) is 78.4 Å². The average Bonchev–Trinajstić information content (AvgIpc) is 1.60. The van der Waals surface area contributed by atoms with E-state index in [1.165, 1.54) is 78.4 Å². The molecule has 110 heavy (non-hydrogen) atoms. The van der Waals surface area contributed by atoms with Crippen molar-refractivity contribution in [1.82, 2.24) is 39.9 Å². The fourth-order valence-corrected chi connectivity index (χ4v) is 19.8. The Kier molecular flexibility index (Phi) is 18.5. The van der Waals surface area contributed by atoms with E-state index >= 15 is 0 Å². The van der Waals surface area contributed by atoms with E-state index in [2.05, 4.69) is 320 Å². The van der Waals surface area contributed by atoms with Gasteiger partial charge in [0.05, 0.1) is 22.8 Å². The van der Waals surface area contributed by atoms with Crippen molar-refractivity contribution in [1.29, 1.82) is 0 Å². The second kappa shape index (κ2) is 29.7. The number of fused-ring (bicyclic) bond motifs is 15. The maximum atomic E-state index is 6.40. The zero-order chi connectivity index (χ0) is 73.8. The Morgan fingerprint density at radius 1 is 0.182 bits per heavy atom. The molecule has 0 amide bonds. The highest BCUT2D eigenvalue weighted by Gasteiger charge is 2.22. The largest absolute Gasteiger partial charge is 0.224 e. The molecular formula is C94H54Cl4N8S4. The summed E-state index contributed by atoms with van der Waals surface area (Å²) in [5.74, 6) is 0. The first-order chi connectivity index (χ1) is 54.1. The van der Waals surface area contributed by atoms with Gasteiger partial charge in [0.2, 0.25) is 21.1 Å². The van der Waals surface area contributed by atoms with Crippen LogP contribution in [0.2, 0.25) is 21.1 Å². The van der Waals surface area contributed by atoms with Crippen molar-refractivity contribution < 1.29 is 0 Å². The highest BCUT2D eigenvalue weighted by molar-refractivity contribution is 7.26. The van der Waals surface area contributed by atoms with Gasteiger partial charge in [-0.05, 0) is 161 Å². The molecule has 16 heteroatoms. The summed E-state index contributed by atoms with van der Waals surface area (Å²) in [5.41, 5.74) is 14.8. The summed E-state index contributed by atoms with van der Waals surface area (Å²) in [7, 11) is 0. The summed E-state index contributed by atoms with van der Waals surface area (Å²) in [5, 5.41) is 17.4. The van der Waals surface area contributed by atoms with Gasteiger partial charge in [0, 0.05) is 84.1 Å². The van der Waals surface area contributed by atoms with Crippen LogP contribution in [0.1, 0.15) is 0 Å². The quantitative estimate of drug-likeness (QED) is 0.145. The van der Waals surface area contributed by atoms with E-state index in [4.69, 9.17) is 51.4 Å². The number of halogens is 4. The monoisotopic (exact) mass is 1560 g/mol. The lowest BCUT2D eigenvalue weighted by Gasteiger charge is -2.12. The maximum Gasteiger partial charge on any atom is 0.224 e. The molecular weight excluding hydrogens is 1510 g/mol. The molecule has 8 heterocycles. The van der Waals surface area contributed by atoms with E-state index in [9.17, 15) is 0 Å². The fraction of sp³-hybridized carbons (Fsp3) is 0. The van der Waals surface area contributed by atoms with Gasteiger partial charge in [-0.25, -0.2) is 39.9 Å². The molecule has 22 rings (SSSR count). The summed E-state index contributed by atoms with van der Waals surface area (Å²) in [6.07, 6.45) is 0. The van der Waals surface area contributed by atoms with Crippen LogP contribution in [-0.4, -0.2) is 39.9 Å². The van der Waals surface area contributed by atoms with E-state index in [0.29, 0.717) is 0 Å². The van der Waals surface area contributed by atoms with Crippen LogP contribution in [0, 0.1) is 0 Å². The Hall–Kier alpha value is -11.8. The van der Waals surface area contributed by atoms with Crippen LogP contribution in [0.4, 0.5) is 0 Å². The molecule has 0 radical (unpaired) electrons. The number of hydrogen-bond donors (Lipinski definition) is 0. The normalized spacial score (nSPS) is 11.5. The van der Waals surface area contributed by atoms with Gasteiger partial charge in [0.15, 0.2) is 0 Å². The summed E-state index contributed by atoms with van der Waals surface area (Å²) < 4.78 is 4.78. The van der Waals surface area contributed by atoms with Crippen LogP contribution >= 0.6 is 91.8 Å². The molecule has 0 atom stereocenters. The minimum atomic E-state index is 0.269. The van der Waals surface area contributed by atoms with Crippen molar-refractivity contribution in [3.63, 3.8) is 0 Å². The third-order valence-electron chi connectivity index (χ3n) is 19.6. The molecule has 0 unspecified atom stereocenters. The van der Waals surface area contributed by atoms with Crippen LogP contribution in [0.3, 0.4) is 0 Å². The Bertz CT molecular complexity index is 7240. The van der Waals surface area contributed by atoms with E-state index in [1.54, 1.807) is 45.3 Å². The van der Waals surface area contributed by atoms with Gasteiger partial charge in [0.25, 0.3) is 0 Å². The maximum absolute atomic E-state index is 6.40. The van der Waals surface area contributed by atoms with Gasteiger partial charge in [-0.1, -0.05) is 279 Å². The lowest BCUT2D eigenvalue weighted by Crippen LogP contribution is -1.91. The number of hydrogen-bond acceptors (Lipinski definition) is 12. The number of rotatable bonds is 7. The number of aromatic nitrogens is 8. The van der Waals surface area contributed by atoms with Crippen LogP contribution in [0.25, 0.3) is 192 Å². The van der Waals surface area contributed by atoms with Crippen molar-refractivity contribution in [2.45, 2.75) is 0 Å². The number of benzene rings is 14. The van der Waals surface area contributed by atoms with E-state index < -0.39 is 0 Å². The van der Waals surface area contributed by atoms with Gasteiger partial charge < -0.3 is 0 Å². The van der Waals surface area contributed by atoms with Gasteiger partial charge in [0.1, 0.15) is 19.3 Å². The second-order valence-electron chi connectivity index (χ2n) is 26.2. The highest BCUT2D eigenvalue weighted by atomic mass is 35.5. The first-order valence-corrected chi connectivity index (χ1v) is 40.1. The third-order valence-corrected chi connectivity index (χ3v) is 24.5. The summed E-state index contributed by atoms with van der Waals surface area (Å²) in [6, 6.07) is 114. The van der Waals surface area contributed by atoms with Crippen LogP contribution in [-0.2, 0) is 0 Å². The zero-order valence-corrected chi connectivity index (χ0v) is 64.2. The van der Waals surface area contributed by atoms with Crippen molar-refractivity contribution in [2.24, 2.45) is 0 Å². The zero-order valence-electron chi connectivity index (χ0n) is 57.9. The molecule has 522 valence electrons. The van der Waals surface area contributed by atoms with E-state index in [-0.39, 0.29) is 21.1 Å². The number of nitrogens with zero attached hydrogens (tertiary/aromatic N) is 8. The molecule has 0 N–H and O–H groups in total. The molecule has 0 saturated carbocycles. The van der Waals surface area contributed by atoms with Crippen molar-refractivity contribution >= 4 is 205 Å². The highest BCUT2D eigenvalue weighted by Crippen LogP contribution is 2.46. The molecule has 0 aliphatic heterocycles. The molecule has 0 fully saturated rings. The van der Waals surface area contributed by atoms with Crippen LogP contribution < -0.4 is 0 Å². The smallest absolute Gasteiger partial charge is 0.217 e. The van der Waals surface area contributed by atoms with Crippen LogP contribution in [0.5, 0.6) is 0 Å².